The Morgan fingerprint density at radius 3 is 2.66 bits per heavy atom. The highest BCUT2D eigenvalue weighted by Gasteiger charge is 2.33. The van der Waals surface area contributed by atoms with Gasteiger partial charge in [0.15, 0.2) is 4.99 Å². The molecule has 0 saturated carbocycles. The van der Waals surface area contributed by atoms with Gasteiger partial charge < -0.3 is 24.3 Å². The Hall–Kier alpha value is -3.28. The van der Waals surface area contributed by atoms with Gasteiger partial charge in [-0.25, -0.2) is 9.18 Å². The molecular weight excluding hydrogens is 439 g/mol. The number of hydrogen-bond donors (Lipinski definition) is 1. The highest BCUT2D eigenvalue weighted by atomic mass is 32.1. The molecule has 2 fully saturated rings. The van der Waals surface area contributed by atoms with Crippen LogP contribution in [-0.2, 0) is 9.53 Å². The molecule has 2 saturated heterocycles. The van der Waals surface area contributed by atoms with Crippen LogP contribution in [0.4, 0.5) is 20.6 Å². The van der Waals surface area contributed by atoms with Crippen molar-refractivity contribution in [3.63, 3.8) is 0 Å². The number of ether oxygens (including phenoxy) is 1. The van der Waals surface area contributed by atoms with Gasteiger partial charge in [-0.1, -0.05) is 12.2 Å². The van der Waals surface area contributed by atoms with E-state index in [0.717, 1.165) is 0 Å². The van der Waals surface area contributed by atoms with Gasteiger partial charge in [0.1, 0.15) is 11.9 Å². The lowest BCUT2D eigenvalue weighted by Gasteiger charge is -2.36. The molecule has 0 unspecified atom stereocenters. The van der Waals surface area contributed by atoms with Gasteiger partial charge in [-0.05, 0) is 18.2 Å². The third-order valence-corrected chi connectivity index (χ3v) is 5.75. The van der Waals surface area contributed by atoms with Crippen LogP contribution in [0.3, 0.4) is 0 Å². The fourth-order valence-corrected chi connectivity index (χ4v) is 3.95. The Balaban J connectivity index is 1.37. The van der Waals surface area contributed by atoms with Gasteiger partial charge in [0.25, 0.3) is 5.89 Å². The maximum atomic E-state index is 14.9. The zero-order valence-corrected chi connectivity index (χ0v) is 18.5. The van der Waals surface area contributed by atoms with Crippen molar-refractivity contribution in [1.82, 2.24) is 20.4 Å². The Kier molecular flexibility index (Phi) is 6.21. The molecule has 0 aliphatic carbocycles. The van der Waals surface area contributed by atoms with Crippen LogP contribution in [0.25, 0.3) is 0 Å². The van der Waals surface area contributed by atoms with Crippen LogP contribution in [0.2, 0.25) is 0 Å². The van der Waals surface area contributed by atoms with Crippen molar-refractivity contribution in [3.8, 4) is 0 Å². The number of thiocarbonyl (C=S) groups is 1. The van der Waals surface area contributed by atoms with Crippen molar-refractivity contribution < 1.29 is 23.1 Å². The van der Waals surface area contributed by atoms with Gasteiger partial charge in [0.2, 0.25) is 11.8 Å². The minimum absolute atomic E-state index is 0.206. The van der Waals surface area contributed by atoms with E-state index in [2.05, 4.69) is 15.5 Å². The fourth-order valence-electron chi connectivity index (χ4n) is 3.69. The molecule has 10 nitrogen and oxygen atoms in total. The molecule has 1 aromatic carbocycles. The second-order valence-corrected chi connectivity index (χ2v) is 7.98. The van der Waals surface area contributed by atoms with Crippen LogP contribution < -0.4 is 15.1 Å². The minimum atomic E-state index is -0.564. The number of carbonyl (C=O) groups excluding carboxylic acids is 2. The van der Waals surface area contributed by atoms with Crippen molar-refractivity contribution in [2.75, 3.05) is 49.1 Å². The molecule has 2 aliphatic heterocycles. The number of carbonyl (C=O) groups is 2. The predicted octanol–water partition coefficient (Wildman–Crippen LogP) is 1.48. The highest BCUT2D eigenvalue weighted by molar-refractivity contribution is 7.80. The quantitative estimate of drug-likeness (QED) is 0.662. The average Bonchev–Trinajstić information content (AvgIpc) is 3.37. The van der Waals surface area contributed by atoms with E-state index >= 15 is 0 Å². The first-order chi connectivity index (χ1) is 15.3. The Morgan fingerprint density at radius 1 is 1.28 bits per heavy atom. The molecule has 2 aliphatic rings. The molecule has 0 spiro atoms. The van der Waals surface area contributed by atoms with Gasteiger partial charge in [0, 0.05) is 40.0 Å². The zero-order valence-electron chi connectivity index (χ0n) is 17.7. The summed E-state index contributed by atoms with van der Waals surface area (Å²) in [5.74, 6) is 0.134. The maximum Gasteiger partial charge on any atom is 0.414 e. The number of rotatable bonds is 5. The molecule has 32 heavy (non-hydrogen) atoms. The van der Waals surface area contributed by atoms with Crippen LogP contribution in [-0.4, -0.2) is 77.5 Å². The van der Waals surface area contributed by atoms with Crippen molar-refractivity contribution >= 4 is 40.6 Å². The Morgan fingerprint density at radius 2 is 2.03 bits per heavy atom. The van der Waals surface area contributed by atoms with Gasteiger partial charge in [0.05, 0.1) is 24.5 Å². The number of benzene rings is 1. The van der Waals surface area contributed by atoms with E-state index in [1.165, 1.54) is 17.9 Å². The van der Waals surface area contributed by atoms with E-state index in [1.54, 1.807) is 19.1 Å². The summed E-state index contributed by atoms with van der Waals surface area (Å²) < 4.78 is 25.6. The molecule has 1 N–H and O–H groups in total. The molecule has 12 heteroatoms. The number of anilines is 2. The summed E-state index contributed by atoms with van der Waals surface area (Å²) in [6.45, 7) is 5.85. The third kappa shape index (κ3) is 4.64. The molecule has 0 radical (unpaired) electrons. The van der Waals surface area contributed by atoms with Crippen LogP contribution in [0.1, 0.15) is 18.7 Å². The third-order valence-electron chi connectivity index (χ3n) is 5.31. The van der Waals surface area contributed by atoms with Gasteiger partial charge >= 0.3 is 6.09 Å². The van der Waals surface area contributed by atoms with Gasteiger partial charge in [-0.15, -0.1) is 10.2 Å². The molecule has 1 aromatic heterocycles. The summed E-state index contributed by atoms with van der Waals surface area (Å²) in [6.07, 6.45) is -1.04. The number of hydrogen-bond acceptors (Lipinski definition) is 8. The van der Waals surface area contributed by atoms with Crippen LogP contribution in [0, 0.1) is 12.7 Å². The van der Waals surface area contributed by atoms with Gasteiger partial charge in [-0.2, -0.15) is 0 Å². The standard InChI is InChI=1S/C20H23FN6O4S/c1-12(28)22-10-15-11-27(20(29)31-15)14-3-4-17(16(21)9-14)25-5-7-26(8-6-25)19(32)18-24-23-13(2)30-18/h3-4,9,15H,5-8,10-11H2,1-2H3,(H,22,28)/t15-/m0/s1. The number of nitrogens with zero attached hydrogens (tertiary/aromatic N) is 5. The van der Waals surface area contributed by atoms with E-state index in [0.29, 0.717) is 54.3 Å². The Bertz CT molecular complexity index is 1040. The lowest BCUT2D eigenvalue weighted by atomic mass is 10.2. The molecule has 4 rings (SSSR count). The number of cyclic esters (lactones) is 1. The highest BCUT2D eigenvalue weighted by Crippen LogP contribution is 2.28. The summed E-state index contributed by atoms with van der Waals surface area (Å²) in [7, 11) is 0. The van der Waals surface area contributed by atoms with Crippen LogP contribution >= 0.6 is 12.2 Å². The SMILES string of the molecule is CC(=O)NC[C@H]1CN(c2ccc(N3CCN(C(=S)c4nnc(C)o4)CC3)c(F)c2)C(=O)O1. The number of amides is 2. The van der Waals surface area contributed by atoms with Gasteiger partial charge in [-0.3, -0.25) is 9.69 Å². The van der Waals surface area contributed by atoms with E-state index in [9.17, 15) is 14.0 Å². The maximum absolute atomic E-state index is 14.9. The second kappa shape index (κ2) is 9.07. The smallest absolute Gasteiger partial charge is 0.414 e. The molecule has 2 aromatic rings. The van der Waals surface area contributed by atoms with Crippen molar-refractivity contribution in [2.24, 2.45) is 0 Å². The molecule has 3 heterocycles. The van der Waals surface area contributed by atoms with E-state index < -0.39 is 18.0 Å². The van der Waals surface area contributed by atoms with E-state index in [4.69, 9.17) is 21.4 Å². The first-order valence-corrected chi connectivity index (χ1v) is 10.6. The lowest BCUT2D eigenvalue weighted by Crippen LogP contribution is -2.48. The Labute approximate surface area is 189 Å². The minimum Gasteiger partial charge on any atom is -0.442 e. The molecule has 1 atom stereocenters. The number of nitrogens with one attached hydrogen (secondary N) is 1. The predicted molar refractivity (Wildman–Crippen MR) is 117 cm³/mol. The van der Waals surface area contributed by atoms with Crippen molar-refractivity contribution in [3.05, 3.63) is 35.8 Å². The second-order valence-electron chi connectivity index (χ2n) is 7.59. The normalized spacial score (nSPS) is 18.7. The first kappa shape index (κ1) is 21.9. The number of aryl methyl sites for hydroxylation is 1. The molecule has 170 valence electrons. The zero-order chi connectivity index (χ0) is 22.8. The van der Waals surface area contributed by atoms with E-state index in [-0.39, 0.29) is 19.0 Å². The molecular formula is C20H23FN6O4S. The summed E-state index contributed by atoms with van der Waals surface area (Å²) in [5.41, 5.74) is 0.864. The largest absolute Gasteiger partial charge is 0.442 e. The summed E-state index contributed by atoms with van der Waals surface area (Å²) in [4.78, 5) is 29.0. The molecule has 2 amide bonds. The number of piperazine rings is 1. The van der Waals surface area contributed by atoms with Crippen molar-refractivity contribution in [2.45, 2.75) is 20.0 Å². The topological polar surface area (TPSA) is 104 Å². The van der Waals surface area contributed by atoms with Crippen LogP contribution in [0.5, 0.6) is 0 Å². The molecule has 0 bridgehead atoms. The van der Waals surface area contributed by atoms with E-state index in [1.807, 2.05) is 9.80 Å². The summed E-state index contributed by atoms with van der Waals surface area (Å²) in [5, 5.41) is 10.4. The first-order valence-electron chi connectivity index (χ1n) is 10.2. The monoisotopic (exact) mass is 462 g/mol. The summed E-state index contributed by atoms with van der Waals surface area (Å²) in [6, 6.07) is 4.68. The number of halogens is 1. The van der Waals surface area contributed by atoms with Crippen molar-refractivity contribution in [1.29, 1.82) is 0 Å². The average molecular weight is 463 g/mol. The van der Waals surface area contributed by atoms with Crippen LogP contribution in [0.15, 0.2) is 22.6 Å². The number of aromatic nitrogens is 2. The lowest BCUT2D eigenvalue weighted by molar-refractivity contribution is -0.119. The fraction of sp³-hybridized carbons (Fsp3) is 0.450. The summed E-state index contributed by atoms with van der Waals surface area (Å²) >= 11 is 5.43.